The van der Waals surface area contributed by atoms with E-state index in [9.17, 15) is 18.3 Å². The maximum absolute atomic E-state index is 12.8. The van der Waals surface area contributed by atoms with E-state index >= 15 is 0 Å². The summed E-state index contributed by atoms with van der Waals surface area (Å²) in [6, 6.07) is 3.30. The van der Waals surface area contributed by atoms with Crippen molar-refractivity contribution in [2.45, 2.75) is 32.0 Å². The van der Waals surface area contributed by atoms with E-state index < -0.39 is 18.2 Å². The summed E-state index contributed by atoms with van der Waals surface area (Å²) in [6.45, 7) is 2.91. The Morgan fingerprint density at radius 1 is 1.38 bits per heavy atom. The molecule has 0 radical (unpaired) electrons. The predicted octanol–water partition coefficient (Wildman–Crippen LogP) is 3.32. The first-order valence-electron chi connectivity index (χ1n) is 6.04. The zero-order chi connectivity index (χ0) is 15.8. The molecular weight excluding hydrogens is 349 g/mol. The normalized spacial score (nSPS) is 12.3. The van der Waals surface area contributed by atoms with Gasteiger partial charge < -0.3 is 9.51 Å². The minimum Gasteiger partial charge on any atom is -0.378 e. The first-order chi connectivity index (χ1) is 9.57. The van der Waals surface area contributed by atoms with Crippen LogP contribution in [0.1, 0.15) is 25.2 Å². The Balaban J connectivity index is 2.65. The molecule has 21 heavy (non-hydrogen) atoms. The van der Waals surface area contributed by atoms with Crippen molar-refractivity contribution in [3.05, 3.63) is 34.2 Å². The molecular formula is C14H12BrF3N2O. The molecule has 0 saturated heterocycles. The van der Waals surface area contributed by atoms with Crippen LogP contribution in [0.4, 0.5) is 13.2 Å². The summed E-state index contributed by atoms with van der Waals surface area (Å²) in [7, 11) is 0. The highest BCUT2D eigenvalue weighted by Gasteiger charge is 2.31. The third-order valence-electron chi connectivity index (χ3n) is 2.56. The fraction of sp³-hybridized carbons (Fsp3) is 0.357. The third kappa shape index (κ3) is 3.99. The number of hydrogen-bond acceptors (Lipinski definition) is 2. The predicted molar refractivity (Wildman–Crippen MR) is 75.8 cm³/mol. The summed E-state index contributed by atoms with van der Waals surface area (Å²) in [6.07, 6.45) is -4.01. The highest BCUT2D eigenvalue weighted by atomic mass is 79.9. The number of halogens is 4. The van der Waals surface area contributed by atoms with Crippen LogP contribution in [0.3, 0.4) is 0 Å². The van der Waals surface area contributed by atoms with E-state index in [4.69, 9.17) is 0 Å². The lowest BCUT2D eigenvalue weighted by molar-refractivity contribution is -0.128. The Morgan fingerprint density at radius 3 is 2.62 bits per heavy atom. The van der Waals surface area contributed by atoms with Crippen molar-refractivity contribution in [2.75, 3.05) is 0 Å². The second-order valence-electron chi connectivity index (χ2n) is 5.06. The monoisotopic (exact) mass is 360 g/mol. The Hall–Kier alpha value is -1.52. The number of alkyl halides is 3. The zero-order valence-corrected chi connectivity index (χ0v) is 12.9. The van der Waals surface area contributed by atoms with E-state index in [-0.39, 0.29) is 11.4 Å². The largest absolute Gasteiger partial charge is 0.394 e. The van der Waals surface area contributed by atoms with Gasteiger partial charge in [-0.25, -0.2) is 4.98 Å². The molecule has 2 aromatic heterocycles. The number of fused-ring (bicyclic) bond motifs is 1. The Morgan fingerprint density at radius 2 is 2.05 bits per heavy atom. The van der Waals surface area contributed by atoms with Crippen LogP contribution in [0.25, 0.3) is 5.65 Å². The molecule has 0 amide bonds. The van der Waals surface area contributed by atoms with Crippen molar-refractivity contribution in [2.24, 2.45) is 0 Å². The van der Waals surface area contributed by atoms with Gasteiger partial charge in [0.2, 0.25) is 0 Å². The molecule has 0 unspecified atom stereocenters. The number of hydrogen-bond donors (Lipinski definition) is 1. The van der Waals surface area contributed by atoms with Crippen LogP contribution in [0, 0.1) is 11.8 Å². The Kier molecular flexibility index (Phi) is 4.04. The maximum atomic E-state index is 12.8. The fourth-order valence-electron chi connectivity index (χ4n) is 1.75. The van der Waals surface area contributed by atoms with Crippen molar-refractivity contribution in [3.8, 4) is 11.8 Å². The van der Waals surface area contributed by atoms with Gasteiger partial charge in [-0.3, -0.25) is 0 Å². The summed E-state index contributed by atoms with van der Waals surface area (Å²) in [5.74, 6) is 5.03. The topological polar surface area (TPSA) is 37.5 Å². The van der Waals surface area contributed by atoms with Gasteiger partial charge in [-0.15, -0.1) is 0 Å². The number of aliphatic hydroxyl groups is 1. The quantitative estimate of drug-likeness (QED) is 0.792. The van der Waals surface area contributed by atoms with E-state index in [1.54, 1.807) is 12.1 Å². The highest BCUT2D eigenvalue weighted by molar-refractivity contribution is 9.10. The molecule has 1 N–H and O–H groups in total. The fourth-order valence-corrected chi connectivity index (χ4v) is 2.19. The lowest BCUT2D eigenvalue weighted by Crippen LogP contribution is -2.16. The van der Waals surface area contributed by atoms with E-state index in [1.165, 1.54) is 24.4 Å². The number of nitrogens with zero attached hydrogens (tertiary/aromatic N) is 2. The molecule has 0 aliphatic rings. The van der Waals surface area contributed by atoms with Crippen molar-refractivity contribution in [1.29, 1.82) is 0 Å². The minimum atomic E-state index is -4.37. The molecule has 0 aromatic carbocycles. The number of aromatic nitrogens is 2. The second kappa shape index (κ2) is 5.35. The molecule has 2 heterocycles. The SMILES string of the molecule is CC(C)(O)C#Cc1nc2c(Br)cccn2c1CC(F)(F)F. The van der Waals surface area contributed by atoms with Gasteiger partial charge in [-0.1, -0.05) is 5.92 Å². The molecule has 0 fully saturated rings. The number of pyridine rings is 1. The van der Waals surface area contributed by atoms with E-state index in [0.717, 1.165) is 0 Å². The standard InChI is InChI=1S/C14H12BrF3N2O/c1-13(2,21)6-5-10-11(8-14(16,17)18)20-7-3-4-9(15)12(20)19-10/h3-4,7,21H,8H2,1-2H3. The van der Waals surface area contributed by atoms with Crippen LogP contribution >= 0.6 is 15.9 Å². The lowest BCUT2D eigenvalue weighted by atomic mass is 10.1. The van der Waals surface area contributed by atoms with Crippen molar-refractivity contribution in [3.63, 3.8) is 0 Å². The van der Waals surface area contributed by atoms with Gasteiger partial charge in [0.15, 0.2) is 5.65 Å². The Labute approximate surface area is 127 Å². The average Bonchev–Trinajstić information content (AvgIpc) is 2.64. The molecule has 2 rings (SSSR count). The first-order valence-corrected chi connectivity index (χ1v) is 6.84. The van der Waals surface area contributed by atoms with Crippen LogP contribution in [-0.4, -0.2) is 26.3 Å². The number of rotatable bonds is 1. The minimum absolute atomic E-state index is 0.0151. The zero-order valence-electron chi connectivity index (χ0n) is 11.3. The molecule has 0 saturated carbocycles. The first kappa shape index (κ1) is 15.9. The lowest BCUT2D eigenvalue weighted by Gasteiger charge is -2.08. The maximum Gasteiger partial charge on any atom is 0.394 e. The van der Waals surface area contributed by atoms with Gasteiger partial charge in [0.1, 0.15) is 11.3 Å². The molecule has 112 valence electrons. The molecule has 3 nitrogen and oxygen atoms in total. The Bertz CT molecular complexity index is 733. The molecule has 7 heteroatoms. The van der Waals surface area contributed by atoms with Crippen LogP contribution in [0.2, 0.25) is 0 Å². The van der Waals surface area contributed by atoms with E-state index in [2.05, 4.69) is 32.8 Å². The summed E-state index contributed by atoms with van der Waals surface area (Å²) < 4.78 is 40.2. The molecule has 0 spiro atoms. The smallest absolute Gasteiger partial charge is 0.378 e. The second-order valence-corrected chi connectivity index (χ2v) is 5.91. The molecule has 0 atom stereocenters. The van der Waals surface area contributed by atoms with Gasteiger partial charge >= 0.3 is 6.18 Å². The van der Waals surface area contributed by atoms with Gasteiger partial charge in [-0.05, 0) is 47.8 Å². The van der Waals surface area contributed by atoms with Crippen LogP contribution in [0.15, 0.2) is 22.8 Å². The molecule has 2 aromatic rings. The van der Waals surface area contributed by atoms with E-state index in [0.29, 0.717) is 10.1 Å². The van der Waals surface area contributed by atoms with Gasteiger partial charge in [0.05, 0.1) is 16.6 Å². The average molecular weight is 361 g/mol. The summed E-state index contributed by atoms with van der Waals surface area (Å²) in [4.78, 5) is 4.13. The third-order valence-corrected chi connectivity index (χ3v) is 3.18. The summed E-state index contributed by atoms with van der Waals surface area (Å²) in [5, 5.41) is 9.59. The molecule has 0 aliphatic heterocycles. The van der Waals surface area contributed by atoms with Crippen molar-refractivity contribution in [1.82, 2.24) is 9.38 Å². The van der Waals surface area contributed by atoms with Crippen molar-refractivity contribution < 1.29 is 18.3 Å². The highest BCUT2D eigenvalue weighted by Crippen LogP contribution is 2.26. The summed E-state index contributed by atoms with van der Waals surface area (Å²) in [5.41, 5.74) is -0.976. The van der Waals surface area contributed by atoms with Crippen LogP contribution < -0.4 is 0 Å². The van der Waals surface area contributed by atoms with Crippen LogP contribution in [-0.2, 0) is 6.42 Å². The number of imidazole rings is 1. The van der Waals surface area contributed by atoms with Gasteiger partial charge in [0.25, 0.3) is 0 Å². The van der Waals surface area contributed by atoms with Gasteiger partial charge in [0, 0.05) is 6.20 Å². The van der Waals surface area contributed by atoms with Crippen LogP contribution in [0.5, 0.6) is 0 Å². The van der Waals surface area contributed by atoms with Gasteiger partial charge in [-0.2, -0.15) is 13.2 Å². The molecule has 0 aliphatic carbocycles. The van der Waals surface area contributed by atoms with E-state index in [1.807, 2.05) is 0 Å². The van der Waals surface area contributed by atoms with Crippen molar-refractivity contribution >= 4 is 21.6 Å². The molecule has 0 bridgehead atoms. The summed E-state index contributed by atoms with van der Waals surface area (Å²) >= 11 is 3.25.